The van der Waals surface area contributed by atoms with Gasteiger partial charge in [0.1, 0.15) is 0 Å². The van der Waals surface area contributed by atoms with Crippen molar-refractivity contribution in [3.63, 3.8) is 0 Å². The molecular formula is C12H14N4OS2. The van der Waals surface area contributed by atoms with E-state index >= 15 is 0 Å². The molecular weight excluding hydrogens is 280 g/mol. The van der Waals surface area contributed by atoms with Gasteiger partial charge in [0.05, 0.1) is 0 Å². The van der Waals surface area contributed by atoms with Crippen LogP contribution in [-0.2, 0) is 5.75 Å². The largest absolute Gasteiger partial charge is 0.341 e. The van der Waals surface area contributed by atoms with Crippen LogP contribution < -0.4 is 10.2 Å². The molecule has 1 heterocycles. The van der Waals surface area contributed by atoms with Crippen LogP contribution in [-0.4, -0.2) is 30.3 Å². The van der Waals surface area contributed by atoms with Crippen molar-refractivity contribution in [1.82, 2.24) is 15.5 Å². The first kappa shape index (κ1) is 13.8. The summed E-state index contributed by atoms with van der Waals surface area (Å²) in [6.45, 7) is 0. The summed E-state index contributed by atoms with van der Waals surface area (Å²) >= 11 is 3.03. The normalized spacial score (nSPS) is 10.2. The lowest BCUT2D eigenvalue weighted by atomic mass is 10.2. The first-order valence-corrected chi connectivity index (χ1v) is 7.46. The Hall–Kier alpha value is -1.60. The monoisotopic (exact) mass is 294 g/mol. The van der Waals surface area contributed by atoms with Gasteiger partial charge in [-0.15, -0.1) is 10.2 Å². The van der Waals surface area contributed by atoms with Crippen LogP contribution in [0.2, 0.25) is 0 Å². The highest BCUT2D eigenvalue weighted by Crippen LogP contribution is 2.29. The molecule has 0 fully saturated rings. The van der Waals surface area contributed by atoms with Crippen molar-refractivity contribution in [3.8, 4) is 0 Å². The summed E-state index contributed by atoms with van der Waals surface area (Å²) in [5, 5.41) is 11.2. The summed E-state index contributed by atoms with van der Waals surface area (Å²) < 4.78 is 0.856. The van der Waals surface area contributed by atoms with Crippen molar-refractivity contribution >= 4 is 34.3 Å². The van der Waals surface area contributed by atoms with Crippen molar-refractivity contribution in [2.24, 2.45) is 0 Å². The maximum atomic E-state index is 11.4. The number of thioether (sulfide) groups is 1. The molecule has 100 valence electrons. The molecule has 0 aliphatic carbocycles. The van der Waals surface area contributed by atoms with E-state index in [1.807, 2.05) is 18.2 Å². The van der Waals surface area contributed by atoms with Crippen molar-refractivity contribution in [1.29, 1.82) is 0 Å². The minimum Gasteiger partial charge on any atom is -0.341 e. The molecule has 19 heavy (non-hydrogen) atoms. The minimum absolute atomic E-state index is 0.198. The van der Waals surface area contributed by atoms with E-state index in [4.69, 9.17) is 0 Å². The molecule has 0 saturated heterocycles. The number of anilines is 1. The Morgan fingerprint density at radius 2 is 2.11 bits per heavy atom. The molecule has 0 aliphatic heterocycles. The third-order valence-electron chi connectivity index (χ3n) is 2.41. The third kappa shape index (κ3) is 3.68. The lowest BCUT2D eigenvalue weighted by Crippen LogP contribution is -2.34. The summed E-state index contributed by atoms with van der Waals surface area (Å²) in [7, 11) is 3.26. The highest BCUT2D eigenvalue weighted by Gasteiger charge is 2.14. The summed E-state index contributed by atoms with van der Waals surface area (Å²) in [5.41, 5.74) is 1.24. The third-order valence-corrected chi connectivity index (χ3v) is 4.61. The van der Waals surface area contributed by atoms with Gasteiger partial charge in [-0.3, -0.25) is 4.90 Å². The summed E-state index contributed by atoms with van der Waals surface area (Å²) in [4.78, 5) is 12.9. The molecule has 1 N–H and O–H groups in total. The van der Waals surface area contributed by atoms with Gasteiger partial charge in [-0.1, -0.05) is 53.4 Å². The summed E-state index contributed by atoms with van der Waals surface area (Å²) in [5.74, 6) is 0.846. The van der Waals surface area contributed by atoms with Crippen LogP contribution in [0, 0.1) is 0 Å². The number of nitrogens with one attached hydrogen (secondary N) is 1. The van der Waals surface area contributed by atoms with Crippen LogP contribution >= 0.6 is 23.1 Å². The maximum absolute atomic E-state index is 11.4. The molecule has 2 rings (SSSR count). The molecule has 0 spiro atoms. The van der Waals surface area contributed by atoms with E-state index < -0.39 is 0 Å². The van der Waals surface area contributed by atoms with Crippen molar-refractivity contribution in [2.75, 3.05) is 19.0 Å². The second-order valence-corrected chi connectivity index (χ2v) is 5.92. The Morgan fingerprint density at radius 1 is 1.37 bits per heavy atom. The Balaban J connectivity index is 1.96. The van der Waals surface area contributed by atoms with Gasteiger partial charge in [0.15, 0.2) is 4.34 Å². The second-order valence-electron chi connectivity index (χ2n) is 3.74. The van der Waals surface area contributed by atoms with E-state index in [0.29, 0.717) is 5.13 Å². The zero-order valence-corrected chi connectivity index (χ0v) is 12.3. The Bertz CT molecular complexity index is 544. The molecule has 1 aromatic heterocycles. The SMILES string of the molecule is CNC(=O)N(C)c1nnc(SCc2ccccc2)s1. The van der Waals surface area contributed by atoms with Gasteiger partial charge in [0.25, 0.3) is 0 Å². The molecule has 7 heteroatoms. The van der Waals surface area contributed by atoms with E-state index in [1.54, 1.807) is 25.9 Å². The van der Waals surface area contributed by atoms with Gasteiger partial charge < -0.3 is 5.32 Å². The van der Waals surface area contributed by atoms with Crippen LogP contribution in [0.15, 0.2) is 34.7 Å². The topological polar surface area (TPSA) is 58.1 Å². The quantitative estimate of drug-likeness (QED) is 0.695. The molecule has 5 nitrogen and oxygen atoms in total. The Kier molecular flexibility index (Phi) is 4.75. The van der Waals surface area contributed by atoms with E-state index in [0.717, 1.165) is 10.1 Å². The molecule has 0 saturated carbocycles. The predicted molar refractivity (Wildman–Crippen MR) is 78.8 cm³/mol. The number of nitrogens with zero attached hydrogens (tertiary/aromatic N) is 3. The molecule has 2 amide bonds. The van der Waals surface area contributed by atoms with Crippen molar-refractivity contribution in [2.45, 2.75) is 10.1 Å². The zero-order chi connectivity index (χ0) is 13.7. The molecule has 1 aromatic carbocycles. The summed E-state index contributed by atoms with van der Waals surface area (Å²) in [6, 6.07) is 9.98. The lowest BCUT2D eigenvalue weighted by Gasteiger charge is -2.10. The lowest BCUT2D eigenvalue weighted by molar-refractivity contribution is 0.249. The Labute approximate surface area is 120 Å². The first-order valence-electron chi connectivity index (χ1n) is 5.66. The van der Waals surface area contributed by atoms with Crippen LogP contribution in [0.5, 0.6) is 0 Å². The maximum Gasteiger partial charge on any atom is 0.323 e. The van der Waals surface area contributed by atoms with E-state index in [9.17, 15) is 4.79 Å². The number of carbonyl (C=O) groups excluding carboxylic acids is 1. The number of hydrogen-bond donors (Lipinski definition) is 1. The standard InChI is InChI=1S/C12H14N4OS2/c1-13-10(17)16(2)11-14-15-12(19-11)18-8-9-6-4-3-5-7-9/h3-7H,8H2,1-2H3,(H,13,17). The number of rotatable bonds is 4. The van der Waals surface area contributed by atoms with Crippen LogP contribution in [0.1, 0.15) is 5.56 Å². The van der Waals surface area contributed by atoms with Crippen LogP contribution in [0.3, 0.4) is 0 Å². The fourth-order valence-electron chi connectivity index (χ4n) is 1.37. The van der Waals surface area contributed by atoms with Crippen molar-refractivity contribution < 1.29 is 4.79 Å². The fraction of sp³-hybridized carbons (Fsp3) is 0.250. The molecule has 0 aliphatic rings. The van der Waals surface area contributed by atoms with Crippen LogP contribution in [0.4, 0.5) is 9.93 Å². The average Bonchev–Trinajstić information content (AvgIpc) is 2.93. The molecule has 0 unspecified atom stereocenters. The van der Waals surface area contributed by atoms with E-state index in [2.05, 4.69) is 27.6 Å². The number of aromatic nitrogens is 2. The average molecular weight is 294 g/mol. The zero-order valence-electron chi connectivity index (χ0n) is 10.7. The van der Waals surface area contributed by atoms with Gasteiger partial charge in [0, 0.05) is 19.8 Å². The molecule has 2 aromatic rings. The number of hydrogen-bond acceptors (Lipinski definition) is 5. The number of carbonyl (C=O) groups is 1. The number of benzene rings is 1. The van der Waals surface area contributed by atoms with Crippen molar-refractivity contribution in [3.05, 3.63) is 35.9 Å². The molecule has 0 bridgehead atoms. The fourth-order valence-corrected chi connectivity index (χ4v) is 3.13. The van der Waals surface area contributed by atoms with Gasteiger partial charge in [-0.2, -0.15) is 0 Å². The molecule has 0 atom stereocenters. The number of amides is 2. The second kappa shape index (κ2) is 6.53. The number of urea groups is 1. The predicted octanol–water partition coefficient (Wildman–Crippen LogP) is 2.61. The van der Waals surface area contributed by atoms with Gasteiger partial charge in [-0.05, 0) is 5.56 Å². The highest BCUT2D eigenvalue weighted by molar-refractivity contribution is 8.00. The molecule has 0 radical (unpaired) electrons. The first-order chi connectivity index (χ1) is 9.20. The van der Waals surface area contributed by atoms with Gasteiger partial charge >= 0.3 is 6.03 Å². The smallest absolute Gasteiger partial charge is 0.323 e. The Morgan fingerprint density at radius 3 is 2.79 bits per heavy atom. The van der Waals surface area contributed by atoms with E-state index in [-0.39, 0.29) is 6.03 Å². The van der Waals surface area contributed by atoms with Gasteiger partial charge in [0.2, 0.25) is 5.13 Å². The van der Waals surface area contributed by atoms with E-state index in [1.165, 1.54) is 21.8 Å². The van der Waals surface area contributed by atoms with Gasteiger partial charge in [-0.25, -0.2) is 4.79 Å². The summed E-state index contributed by atoms with van der Waals surface area (Å²) in [6.07, 6.45) is 0. The minimum atomic E-state index is -0.198. The van der Waals surface area contributed by atoms with Crippen LogP contribution in [0.25, 0.3) is 0 Å². The highest BCUT2D eigenvalue weighted by atomic mass is 32.2.